The van der Waals surface area contributed by atoms with Gasteiger partial charge >= 0.3 is 0 Å². The van der Waals surface area contributed by atoms with Gasteiger partial charge in [0.05, 0.1) is 0 Å². The van der Waals surface area contributed by atoms with Crippen molar-refractivity contribution < 1.29 is 49.8 Å². The Morgan fingerprint density at radius 3 is 1.12 bits per heavy atom. The van der Waals surface area contributed by atoms with Gasteiger partial charge in [0.25, 0.3) is 23.9 Å². The maximum atomic E-state index is 9.00. The molecule has 0 saturated carbocycles. The van der Waals surface area contributed by atoms with E-state index in [1.165, 1.54) is 0 Å². The summed E-state index contributed by atoms with van der Waals surface area (Å²) in [5.41, 5.74) is 5.09. The number of carboxylic acids is 4. The normalized spacial score (nSPS) is 7.67. The van der Waals surface area contributed by atoms with Gasteiger partial charge in [-0.25, -0.2) is 0 Å². The van der Waals surface area contributed by atoms with Crippen LogP contribution in [0, 0.1) is 0 Å². The van der Waals surface area contributed by atoms with Crippen molar-refractivity contribution in [2.75, 3.05) is 19.6 Å². The zero-order chi connectivity index (χ0) is 20.7. The van der Waals surface area contributed by atoms with E-state index < -0.39 is 30.2 Å². The SMILES string of the molecule is CC(=O)O.CC(=O)O.CC(=O)O.CC(=O)O.NCCNCC(O)O. The second kappa shape index (κ2) is 28.8. The first-order valence-electron chi connectivity index (χ1n) is 6.25. The number of aliphatic hydroxyl groups is 2. The lowest BCUT2D eigenvalue weighted by atomic mass is 10.5. The monoisotopic (exact) mass is 360 g/mol. The van der Waals surface area contributed by atoms with Gasteiger partial charge < -0.3 is 41.7 Å². The van der Waals surface area contributed by atoms with Crippen molar-refractivity contribution in [2.24, 2.45) is 5.73 Å². The zero-order valence-electron chi connectivity index (χ0n) is 14.1. The Morgan fingerprint density at radius 1 is 0.792 bits per heavy atom. The van der Waals surface area contributed by atoms with Gasteiger partial charge in [0.15, 0.2) is 6.29 Å². The smallest absolute Gasteiger partial charge is 0.300 e. The van der Waals surface area contributed by atoms with Gasteiger partial charge in [-0.15, -0.1) is 0 Å². The number of rotatable bonds is 4. The van der Waals surface area contributed by atoms with Crippen LogP contribution in [-0.4, -0.2) is 80.4 Å². The highest BCUT2D eigenvalue weighted by molar-refractivity contribution is 5.63. The Morgan fingerprint density at radius 2 is 1.00 bits per heavy atom. The van der Waals surface area contributed by atoms with E-state index in [4.69, 9.17) is 55.6 Å². The van der Waals surface area contributed by atoms with Crippen molar-refractivity contribution >= 4 is 23.9 Å². The van der Waals surface area contributed by atoms with Crippen LogP contribution in [0.1, 0.15) is 27.7 Å². The lowest BCUT2D eigenvalue weighted by molar-refractivity contribution is -0.135. The van der Waals surface area contributed by atoms with Gasteiger partial charge in [0.2, 0.25) is 0 Å². The molecule has 24 heavy (non-hydrogen) atoms. The van der Waals surface area contributed by atoms with E-state index in [9.17, 15) is 0 Å². The number of hydrogen-bond donors (Lipinski definition) is 8. The molecular weight excluding hydrogens is 332 g/mol. The van der Waals surface area contributed by atoms with Gasteiger partial charge in [-0.1, -0.05) is 0 Å². The summed E-state index contributed by atoms with van der Waals surface area (Å²) in [6.45, 7) is 5.67. The summed E-state index contributed by atoms with van der Waals surface area (Å²) < 4.78 is 0. The Kier molecular flexibility index (Phi) is 40.1. The molecule has 0 radical (unpaired) electrons. The highest BCUT2D eigenvalue weighted by Crippen LogP contribution is 1.66. The van der Waals surface area contributed by atoms with Gasteiger partial charge in [0.1, 0.15) is 0 Å². The summed E-state index contributed by atoms with van der Waals surface area (Å²) in [6, 6.07) is 0. The van der Waals surface area contributed by atoms with E-state index >= 15 is 0 Å². The van der Waals surface area contributed by atoms with Crippen molar-refractivity contribution in [1.29, 1.82) is 0 Å². The van der Waals surface area contributed by atoms with Crippen molar-refractivity contribution in [3.8, 4) is 0 Å². The van der Waals surface area contributed by atoms with Crippen LogP contribution in [0.4, 0.5) is 0 Å². The molecule has 146 valence electrons. The molecule has 0 aliphatic heterocycles. The molecule has 0 saturated heterocycles. The van der Waals surface area contributed by atoms with Crippen LogP contribution in [0.5, 0.6) is 0 Å². The molecule has 0 unspecified atom stereocenters. The van der Waals surface area contributed by atoms with Crippen LogP contribution >= 0.6 is 0 Å². The number of nitrogens with one attached hydrogen (secondary N) is 1. The van der Waals surface area contributed by atoms with Crippen LogP contribution in [-0.2, 0) is 19.2 Å². The van der Waals surface area contributed by atoms with Gasteiger partial charge in [-0.3, -0.25) is 19.2 Å². The van der Waals surface area contributed by atoms with Crippen LogP contribution in [0.15, 0.2) is 0 Å². The third kappa shape index (κ3) is 934. The number of carbonyl (C=O) groups is 4. The maximum Gasteiger partial charge on any atom is 0.300 e. The second-order valence-corrected chi connectivity index (χ2v) is 3.55. The molecule has 0 aromatic carbocycles. The standard InChI is InChI=1S/C4H12N2O2.4C2H4O2/c5-1-2-6-3-4(7)8;4*1-2(3)4/h4,6-8H,1-3,5H2;4*1H3,(H,3,4). The first kappa shape index (κ1) is 33.4. The van der Waals surface area contributed by atoms with Crippen molar-refractivity contribution in [3.05, 3.63) is 0 Å². The average molecular weight is 360 g/mol. The number of hydrogen-bond acceptors (Lipinski definition) is 8. The van der Waals surface area contributed by atoms with Crippen LogP contribution in [0.3, 0.4) is 0 Å². The Hall–Kier alpha value is -2.28. The van der Waals surface area contributed by atoms with Crippen LogP contribution < -0.4 is 11.1 Å². The van der Waals surface area contributed by atoms with E-state index in [0.29, 0.717) is 13.1 Å². The predicted octanol–water partition coefficient (Wildman–Crippen LogP) is -1.79. The average Bonchev–Trinajstić information content (AvgIpc) is 2.25. The minimum absolute atomic E-state index is 0.192. The minimum atomic E-state index is -1.26. The van der Waals surface area contributed by atoms with Gasteiger partial charge in [-0.05, 0) is 0 Å². The lowest BCUT2D eigenvalue weighted by Gasteiger charge is -2.02. The molecule has 0 aliphatic rings. The molecule has 0 rings (SSSR count). The molecular formula is C12H28N2O10. The summed E-state index contributed by atoms with van der Waals surface area (Å²) in [5, 5.41) is 48.8. The van der Waals surface area contributed by atoms with Crippen molar-refractivity contribution in [3.63, 3.8) is 0 Å². The van der Waals surface area contributed by atoms with E-state index in [0.717, 1.165) is 27.7 Å². The molecule has 0 amide bonds. The third-order valence-electron chi connectivity index (χ3n) is 0.648. The molecule has 0 aromatic heterocycles. The fraction of sp³-hybridized carbons (Fsp3) is 0.667. The summed E-state index contributed by atoms with van der Waals surface area (Å²) in [5.74, 6) is -3.33. The lowest BCUT2D eigenvalue weighted by Crippen LogP contribution is -2.30. The molecule has 0 aliphatic carbocycles. The van der Waals surface area contributed by atoms with Gasteiger partial charge in [0, 0.05) is 47.3 Å². The predicted molar refractivity (Wildman–Crippen MR) is 83.4 cm³/mol. The molecule has 12 nitrogen and oxygen atoms in total. The zero-order valence-corrected chi connectivity index (χ0v) is 14.1. The molecule has 0 aromatic rings. The largest absolute Gasteiger partial charge is 0.481 e. The molecule has 0 bridgehead atoms. The fourth-order valence-corrected chi connectivity index (χ4v) is 0.333. The fourth-order valence-electron chi connectivity index (χ4n) is 0.333. The van der Waals surface area contributed by atoms with E-state index in [1.54, 1.807) is 0 Å². The number of aliphatic hydroxyl groups excluding tert-OH is 1. The minimum Gasteiger partial charge on any atom is -0.481 e. The summed E-state index contributed by atoms with van der Waals surface area (Å²) in [6.07, 6.45) is -1.26. The molecule has 9 N–H and O–H groups in total. The highest BCUT2D eigenvalue weighted by Gasteiger charge is 1.91. The van der Waals surface area contributed by atoms with Crippen molar-refractivity contribution in [1.82, 2.24) is 5.32 Å². The van der Waals surface area contributed by atoms with Crippen LogP contribution in [0.25, 0.3) is 0 Å². The first-order valence-corrected chi connectivity index (χ1v) is 6.25. The molecule has 0 atom stereocenters. The van der Waals surface area contributed by atoms with E-state index in [2.05, 4.69) is 5.32 Å². The number of aliphatic carboxylic acids is 4. The molecule has 0 spiro atoms. The van der Waals surface area contributed by atoms with Gasteiger partial charge in [-0.2, -0.15) is 0 Å². The second-order valence-electron chi connectivity index (χ2n) is 3.55. The highest BCUT2D eigenvalue weighted by atomic mass is 16.5. The Labute approximate surface area is 139 Å². The van der Waals surface area contributed by atoms with Crippen LogP contribution in [0.2, 0.25) is 0 Å². The Bertz CT molecular complexity index is 257. The van der Waals surface area contributed by atoms with E-state index in [1.807, 2.05) is 0 Å². The molecule has 0 heterocycles. The van der Waals surface area contributed by atoms with Crippen molar-refractivity contribution in [2.45, 2.75) is 34.0 Å². The summed E-state index contributed by atoms with van der Waals surface area (Å²) >= 11 is 0. The van der Waals surface area contributed by atoms with E-state index in [-0.39, 0.29) is 6.54 Å². The third-order valence-corrected chi connectivity index (χ3v) is 0.648. The molecule has 12 heteroatoms. The quantitative estimate of drug-likeness (QED) is 0.205. The summed E-state index contributed by atoms with van der Waals surface area (Å²) in [7, 11) is 0. The number of carboxylic acid groups (broad SMARTS) is 4. The Balaban J connectivity index is -0.0000000657. The number of nitrogens with two attached hydrogens (primary N) is 1. The maximum absolute atomic E-state index is 9.00. The topological polar surface area (TPSA) is 228 Å². The molecule has 0 fully saturated rings. The summed E-state index contributed by atoms with van der Waals surface area (Å²) in [4.78, 5) is 36.0. The first-order chi connectivity index (χ1) is 10.7.